The Hall–Kier alpha value is -1.42. The van der Waals surface area contributed by atoms with Gasteiger partial charge in [0, 0.05) is 23.7 Å². The molecule has 0 aromatic carbocycles. The zero-order valence-corrected chi connectivity index (χ0v) is 13.2. The van der Waals surface area contributed by atoms with Gasteiger partial charge in [0.2, 0.25) is 0 Å². The van der Waals surface area contributed by atoms with Crippen LogP contribution in [0.5, 0.6) is 5.75 Å². The molecule has 1 N–H and O–H groups in total. The van der Waals surface area contributed by atoms with Crippen LogP contribution in [0.4, 0.5) is 0 Å². The number of hydrogen-bond donors (Lipinski definition) is 1. The molecule has 1 unspecified atom stereocenters. The number of ketones is 1. The van der Waals surface area contributed by atoms with Gasteiger partial charge in [0.15, 0.2) is 5.78 Å². The first-order valence-corrected chi connectivity index (χ1v) is 8.05. The largest absolute Gasteiger partial charge is 0.492 e. The van der Waals surface area contributed by atoms with Gasteiger partial charge in [-0.15, -0.1) is 0 Å². The van der Waals surface area contributed by atoms with Gasteiger partial charge in [-0.2, -0.15) is 0 Å². The van der Waals surface area contributed by atoms with Crippen molar-refractivity contribution in [3.63, 3.8) is 0 Å². The fraction of sp³-hybridized carbons (Fsp3) is 0.647. The Morgan fingerprint density at radius 2 is 2.24 bits per heavy atom. The summed E-state index contributed by atoms with van der Waals surface area (Å²) in [4.78, 5) is 17.2. The van der Waals surface area contributed by atoms with Crippen LogP contribution in [0, 0.1) is 5.41 Å². The molecule has 0 amide bonds. The molecule has 2 rings (SSSR count). The van der Waals surface area contributed by atoms with Crippen LogP contribution in [0.3, 0.4) is 0 Å². The molecule has 1 aliphatic rings. The third kappa shape index (κ3) is 3.82. The summed E-state index contributed by atoms with van der Waals surface area (Å²) in [6.07, 6.45) is 8.27. The number of ether oxygens (including phenoxy) is 1. The second-order valence-electron chi connectivity index (χ2n) is 5.90. The average Bonchev–Trinajstić information content (AvgIpc) is 2.53. The van der Waals surface area contributed by atoms with Crippen LogP contribution in [0.25, 0.3) is 0 Å². The maximum absolute atomic E-state index is 13.0. The van der Waals surface area contributed by atoms with E-state index in [2.05, 4.69) is 24.1 Å². The number of nitrogens with zero attached hydrogens (tertiary/aromatic N) is 1. The van der Waals surface area contributed by atoms with E-state index in [1.54, 1.807) is 12.4 Å². The summed E-state index contributed by atoms with van der Waals surface area (Å²) in [6.45, 7) is 6.65. The second kappa shape index (κ2) is 7.55. The fourth-order valence-corrected chi connectivity index (χ4v) is 3.12. The number of pyridine rings is 1. The van der Waals surface area contributed by atoms with Gasteiger partial charge in [-0.05, 0) is 38.3 Å². The lowest BCUT2D eigenvalue weighted by Gasteiger charge is -2.36. The molecule has 1 fully saturated rings. The summed E-state index contributed by atoms with van der Waals surface area (Å²) < 4.78 is 5.60. The van der Waals surface area contributed by atoms with Gasteiger partial charge in [0.1, 0.15) is 5.75 Å². The van der Waals surface area contributed by atoms with Crippen molar-refractivity contribution in [3.8, 4) is 5.75 Å². The Labute approximate surface area is 127 Å². The molecule has 0 saturated carbocycles. The standard InChI is InChI=1S/C17H26N2O2/c1-3-6-17(7-5-8-18-13-17)16(20)14-10-15(12-19-11-14)21-9-4-2/h10-12,18H,3-9,13H2,1-2H3. The molecule has 1 atom stereocenters. The minimum Gasteiger partial charge on any atom is -0.492 e. The molecule has 1 aromatic heterocycles. The van der Waals surface area contributed by atoms with Crippen LogP contribution in [0.15, 0.2) is 18.5 Å². The van der Waals surface area contributed by atoms with E-state index in [9.17, 15) is 4.79 Å². The van der Waals surface area contributed by atoms with E-state index in [1.165, 1.54) is 0 Å². The first kappa shape index (κ1) is 16.0. The van der Waals surface area contributed by atoms with E-state index in [4.69, 9.17) is 4.74 Å². The summed E-state index contributed by atoms with van der Waals surface area (Å²) in [6, 6.07) is 1.84. The SMILES string of the molecule is CCCOc1cncc(C(=O)C2(CCC)CCCNC2)c1. The zero-order valence-electron chi connectivity index (χ0n) is 13.2. The summed E-state index contributed by atoms with van der Waals surface area (Å²) >= 11 is 0. The smallest absolute Gasteiger partial charge is 0.171 e. The number of rotatable bonds is 7. The summed E-state index contributed by atoms with van der Waals surface area (Å²) in [7, 11) is 0. The summed E-state index contributed by atoms with van der Waals surface area (Å²) in [5.74, 6) is 0.907. The number of nitrogens with one attached hydrogen (secondary N) is 1. The predicted molar refractivity (Wildman–Crippen MR) is 83.8 cm³/mol. The van der Waals surface area contributed by atoms with E-state index < -0.39 is 0 Å². The van der Waals surface area contributed by atoms with Crippen molar-refractivity contribution in [2.45, 2.75) is 46.0 Å². The molecule has 2 heterocycles. The van der Waals surface area contributed by atoms with Gasteiger partial charge in [-0.3, -0.25) is 9.78 Å². The van der Waals surface area contributed by atoms with Crippen molar-refractivity contribution in [2.75, 3.05) is 19.7 Å². The highest BCUT2D eigenvalue weighted by atomic mass is 16.5. The van der Waals surface area contributed by atoms with Crippen molar-refractivity contribution in [1.82, 2.24) is 10.3 Å². The first-order valence-electron chi connectivity index (χ1n) is 8.05. The van der Waals surface area contributed by atoms with Crippen molar-refractivity contribution >= 4 is 5.78 Å². The van der Waals surface area contributed by atoms with Crippen molar-refractivity contribution in [1.29, 1.82) is 0 Å². The van der Waals surface area contributed by atoms with Crippen LogP contribution >= 0.6 is 0 Å². The average molecular weight is 290 g/mol. The third-order valence-corrected chi connectivity index (χ3v) is 4.13. The van der Waals surface area contributed by atoms with E-state index >= 15 is 0 Å². The molecule has 0 bridgehead atoms. The van der Waals surface area contributed by atoms with Gasteiger partial charge < -0.3 is 10.1 Å². The predicted octanol–water partition coefficient (Wildman–Crippen LogP) is 3.22. The highest BCUT2D eigenvalue weighted by Crippen LogP contribution is 2.35. The molecule has 4 heteroatoms. The van der Waals surface area contributed by atoms with Crippen LogP contribution < -0.4 is 10.1 Å². The summed E-state index contributed by atoms with van der Waals surface area (Å²) in [5.41, 5.74) is 0.415. The van der Waals surface area contributed by atoms with E-state index in [0.29, 0.717) is 17.9 Å². The van der Waals surface area contributed by atoms with Crippen molar-refractivity contribution in [2.24, 2.45) is 5.41 Å². The van der Waals surface area contributed by atoms with Crippen LogP contribution in [-0.4, -0.2) is 30.5 Å². The molecular weight excluding hydrogens is 264 g/mol. The molecule has 1 aromatic rings. The number of piperidine rings is 1. The topological polar surface area (TPSA) is 51.2 Å². The molecule has 1 aliphatic heterocycles. The number of hydrogen-bond acceptors (Lipinski definition) is 4. The Balaban J connectivity index is 2.20. The van der Waals surface area contributed by atoms with E-state index in [-0.39, 0.29) is 11.2 Å². The molecule has 0 spiro atoms. The van der Waals surface area contributed by atoms with E-state index in [1.807, 2.05) is 6.07 Å². The van der Waals surface area contributed by atoms with Gasteiger partial charge >= 0.3 is 0 Å². The van der Waals surface area contributed by atoms with Gasteiger partial charge in [0.25, 0.3) is 0 Å². The zero-order chi connectivity index (χ0) is 15.1. The normalized spacial score (nSPS) is 22.0. The Morgan fingerprint density at radius 3 is 2.90 bits per heavy atom. The maximum atomic E-state index is 13.0. The van der Waals surface area contributed by atoms with Crippen molar-refractivity contribution in [3.05, 3.63) is 24.0 Å². The minimum atomic E-state index is -0.266. The molecule has 21 heavy (non-hydrogen) atoms. The quantitative estimate of drug-likeness (QED) is 0.783. The van der Waals surface area contributed by atoms with Gasteiger partial charge in [-0.25, -0.2) is 0 Å². The number of carbonyl (C=O) groups is 1. The molecule has 116 valence electrons. The highest BCUT2D eigenvalue weighted by Gasteiger charge is 2.39. The van der Waals surface area contributed by atoms with Crippen LogP contribution in [-0.2, 0) is 0 Å². The van der Waals surface area contributed by atoms with Gasteiger partial charge in [-0.1, -0.05) is 20.3 Å². The molecule has 4 nitrogen and oxygen atoms in total. The lowest BCUT2D eigenvalue weighted by molar-refractivity contribution is 0.0717. The molecule has 1 saturated heterocycles. The number of aromatic nitrogens is 1. The van der Waals surface area contributed by atoms with E-state index in [0.717, 1.165) is 45.2 Å². The maximum Gasteiger partial charge on any atom is 0.171 e. The summed E-state index contributed by atoms with van der Waals surface area (Å²) in [5, 5.41) is 3.39. The second-order valence-corrected chi connectivity index (χ2v) is 5.90. The Bertz CT molecular complexity index is 462. The Kier molecular flexibility index (Phi) is 5.74. The van der Waals surface area contributed by atoms with Crippen molar-refractivity contribution < 1.29 is 9.53 Å². The minimum absolute atomic E-state index is 0.214. The number of Topliss-reactive ketones (excluding diaryl/α,β-unsaturated/α-hetero) is 1. The van der Waals surface area contributed by atoms with Crippen LogP contribution in [0.1, 0.15) is 56.3 Å². The third-order valence-electron chi connectivity index (χ3n) is 4.13. The molecular formula is C17H26N2O2. The van der Waals surface area contributed by atoms with Crippen LogP contribution in [0.2, 0.25) is 0 Å². The monoisotopic (exact) mass is 290 g/mol. The van der Waals surface area contributed by atoms with Gasteiger partial charge in [0.05, 0.1) is 12.8 Å². The molecule has 0 radical (unpaired) electrons. The lowest BCUT2D eigenvalue weighted by atomic mass is 9.72. The molecule has 0 aliphatic carbocycles. The lowest BCUT2D eigenvalue weighted by Crippen LogP contribution is -2.45. The number of carbonyl (C=O) groups excluding carboxylic acids is 1. The highest BCUT2D eigenvalue weighted by molar-refractivity contribution is 6.00. The first-order chi connectivity index (χ1) is 10.2. The fourth-order valence-electron chi connectivity index (χ4n) is 3.12. The Morgan fingerprint density at radius 1 is 1.38 bits per heavy atom.